The third-order valence-electron chi connectivity index (χ3n) is 3.08. The highest BCUT2D eigenvalue weighted by Gasteiger charge is 2.16. The van der Waals surface area contributed by atoms with Gasteiger partial charge in [-0.25, -0.2) is 0 Å². The van der Waals surface area contributed by atoms with Gasteiger partial charge in [0.1, 0.15) is 0 Å². The number of amides is 1. The Hall–Kier alpha value is -1.35. The molecule has 0 saturated heterocycles. The fourth-order valence-electron chi connectivity index (χ4n) is 2.11. The second kappa shape index (κ2) is 6.55. The Morgan fingerprint density at radius 3 is 2.22 bits per heavy atom. The second-order valence-electron chi connectivity index (χ2n) is 5.28. The summed E-state index contributed by atoms with van der Waals surface area (Å²) < 4.78 is 0. The van der Waals surface area contributed by atoms with Gasteiger partial charge in [0.15, 0.2) is 0 Å². The minimum Gasteiger partial charge on any atom is -0.349 e. The van der Waals surface area contributed by atoms with Crippen LogP contribution in [-0.4, -0.2) is 18.5 Å². The quantitative estimate of drug-likeness (QED) is 0.840. The van der Waals surface area contributed by atoms with Crippen LogP contribution >= 0.6 is 0 Å². The zero-order valence-electron chi connectivity index (χ0n) is 11.8. The van der Waals surface area contributed by atoms with Crippen molar-refractivity contribution in [2.45, 2.75) is 40.2 Å². The third kappa shape index (κ3) is 4.15. The molecule has 1 atom stereocenters. The summed E-state index contributed by atoms with van der Waals surface area (Å²) in [5, 5.41) is 3.07. The van der Waals surface area contributed by atoms with Gasteiger partial charge in [-0.05, 0) is 44.9 Å². The molecule has 0 aromatic heterocycles. The topological polar surface area (TPSA) is 55.1 Å². The zero-order valence-corrected chi connectivity index (χ0v) is 11.8. The summed E-state index contributed by atoms with van der Waals surface area (Å²) in [5.41, 5.74) is 8.53. The number of aryl methyl sites for hydroxylation is 2. The summed E-state index contributed by atoms with van der Waals surface area (Å²) in [4.78, 5) is 12.2. The Morgan fingerprint density at radius 2 is 1.78 bits per heavy atom. The maximum atomic E-state index is 12.2. The summed E-state index contributed by atoms with van der Waals surface area (Å²) >= 11 is 0. The summed E-state index contributed by atoms with van der Waals surface area (Å²) in [6, 6.07) is 6.05. The molecular weight excluding hydrogens is 224 g/mol. The van der Waals surface area contributed by atoms with Crippen molar-refractivity contribution in [2.24, 2.45) is 11.7 Å². The van der Waals surface area contributed by atoms with Gasteiger partial charge in [-0.1, -0.05) is 31.0 Å². The lowest BCUT2D eigenvalue weighted by Crippen LogP contribution is -2.40. The first-order chi connectivity index (χ1) is 8.43. The fraction of sp³-hybridized carbons (Fsp3) is 0.533. The van der Waals surface area contributed by atoms with Crippen LogP contribution in [0.15, 0.2) is 18.2 Å². The standard InChI is InChI=1S/C15H24N2O/c1-10(2)14(5-6-16)17-15(18)13-8-11(3)7-12(4)9-13/h7-10,14H,5-6,16H2,1-4H3,(H,17,18). The number of benzene rings is 1. The molecule has 3 N–H and O–H groups in total. The van der Waals surface area contributed by atoms with Gasteiger partial charge in [-0.2, -0.15) is 0 Å². The molecule has 1 aromatic carbocycles. The van der Waals surface area contributed by atoms with Crippen LogP contribution in [0.5, 0.6) is 0 Å². The van der Waals surface area contributed by atoms with E-state index in [-0.39, 0.29) is 11.9 Å². The van der Waals surface area contributed by atoms with Crippen LogP contribution in [0.2, 0.25) is 0 Å². The van der Waals surface area contributed by atoms with Crippen molar-refractivity contribution in [1.29, 1.82) is 0 Å². The van der Waals surface area contributed by atoms with Gasteiger partial charge in [0.05, 0.1) is 0 Å². The maximum absolute atomic E-state index is 12.2. The van der Waals surface area contributed by atoms with Crippen LogP contribution in [0.25, 0.3) is 0 Å². The lowest BCUT2D eigenvalue weighted by Gasteiger charge is -2.22. The minimum atomic E-state index is -0.00560. The summed E-state index contributed by atoms with van der Waals surface area (Å²) in [5.74, 6) is 0.386. The molecule has 18 heavy (non-hydrogen) atoms. The molecule has 100 valence electrons. The Kier molecular flexibility index (Phi) is 5.35. The van der Waals surface area contributed by atoms with Crippen LogP contribution in [0.3, 0.4) is 0 Å². The van der Waals surface area contributed by atoms with Crippen LogP contribution in [-0.2, 0) is 0 Å². The van der Waals surface area contributed by atoms with E-state index >= 15 is 0 Å². The van der Waals surface area contributed by atoms with Gasteiger partial charge < -0.3 is 11.1 Å². The molecular formula is C15H24N2O. The molecule has 0 fully saturated rings. The highest BCUT2D eigenvalue weighted by molar-refractivity contribution is 5.94. The van der Waals surface area contributed by atoms with E-state index in [0.717, 1.165) is 23.1 Å². The van der Waals surface area contributed by atoms with Crippen molar-refractivity contribution in [2.75, 3.05) is 6.54 Å². The van der Waals surface area contributed by atoms with E-state index in [2.05, 4.69) is 25.2 Å². The number of nitrogens with two attached hydrogens (primary N) is 1. The number of rotatable bonds is 5. The Morgan fingerprint density at radius 1 is 1.22 bits per heavy atom. The van der Waals surface area contributed by atoms with Crippen molar-refractivity contribution < 1.29 is 4.79 Å². The van der Waals surface area contributed by atoms with Gasteiger partial charge >= 0.3 is 0 Å². The third-order valence-corrected chi connectivity index (χ3v) is 3.08. The Labute approximate surface area is 110 Å². The highest BCUT2D eigenvalue weighted by atomic mass is 16.1. The van der Waals surface area contributed by atoms with E-state index in [1.165, 1.54) is 0 Å². The van der Waals surface area contributed by atoms with Gasteiger partial charge in [-0.15, -0.1) is 0 Å². The van der Waals surface area contributed by atoms with E-state index in [1.54, 1.807) is 0 Å². The largest absolute Gasteiger partial charge is 0.349 e. The van der Waals surface area contributed by atoms with E-state index in [4.69, 9.17) is 5.73 Å². The van der Waals surface area contributed by atoms with Gasteiger partial charge in [0.25, 0.3) is 5.91 Å². The van der Waals surface area contributed by atoms with Crippen molar-refractivity contribution in [3.63, 3.8) is 0 Å². The molecule has 1 rings (SSSR count). The monoisotopic (exact) mass is 248 g/mol. The number of hydrogen-bond donors (Lipinski definition) is 2. The van der Waals surface area contributed by atoms with E-state index < -0.39 is 0 Å². The molecule has 0 aliphatic carbocycles. The molecule has 0 bridgehead atoms. The van der Waals surface area contributed by atoms with Crippen molar-refractivity contribution in [1.82, 2.24) is 5.32 Å². The predicted octanol–water partition coefficient (Wildman–Crippen LogP) is 2.41. The first kappa shape index (κ1) is 14.7. The molecule has 0 heterocycles. The molecule has 0 spiro atoms. The molecule has 3 heteroatoms. The average Bonchev–Trinajstić information content (AvgIpc) is 2.26. The normalized spacial score (nSPS) is 12.6. The zero-order chi connectivity index (χ0) is 13.7. The molecule has 0 saturated carbocycles. The summed E-state index contributed by atoms with van der Waals surface area (Å²) in [7, 11) is 0. The minimum absolute atomic E-state index is 0.00560. The molecule has 1 aromatic rings. The first-order valence-corrected chi connectivity index (χ1v) is 6.53. The SMILES string of the molecule is Cc1cc(C)cc(C(=O)NC(CCN)C(C)C)c1. The van der Waals surface area contributed by atoms with E-state index in [1.807, 2.05) is 26.0 Å². The van der Waals surface area contributed by atoms with Crippen LogP contribution in [0.1, 0.15) is 41.8 Å². The van der Waals surface area contributed by atoms with Crippen LogP contribution in [0.4, 0.5) is 0 Å². The molecule has 1 unspecified atom stereocenters. The Balaban J connectivity index is 2.80. The average molecular weight is 248 g/mol. The second-order valence-corrected chi connectivity index (χ2v) is 5.28. The van der Waals surface area contributed by atoms with E-state index in [0.29, 0.717) is 12.5 Å². The predicted molar refractivity (Wildman–Crippen MR) is 75.7 cm³/mol. The molecule has 0 aliphatic heterocycles. The van der Waals surface area contributed by atoms with Gasteiger partial charge in [-0.3, -0.25) is 4.79 Å². The number of hydrogen-bond acceptors (Lipinski definition) is 2. The van der Waals surface area contributed by atoms with Crippen LogP contribution in [0, 0.1) is 19.8 Å². The summed E-state index contributed by atoms with van der Waals surface area (Å²) in [6.07, 6.45) is 0.814. The smallest absolute Gasteiger partial charge is 0.251 e. The van der Waals surface area contributed by atoms with Gasteiger partial charge in [0.2, 0.25) is 0 Å². The molecule has 3 nitrogen and oxygen atoms in total. The molecule has 0 radical (unpaired) electrons. The molecule has 1 amide bonds. The molecule has 0 aliphatic rings. The Bertz CT molecular complexity index is 393. The first-order valence-electron chi connectivity index (χ1n) is 6.53. The van der Waals surface area contributed by atoms with Crippen LogP contribution < -0.4 is 11.1 Å². The number of carbonyl (C=O) groups excluding carboxylic acids is 1. The van der Waals surface area contributed by atoms with Crippen molar-refractivity contribution >= 4 is 5.91 Å². The maximum Gasteiger partial charge on any atom is 0.251 e. The van der Waals surface area contributed by atoms with Crippen molar-refractivity contribution in [3.05, 3.63) is 34.9 Å². The number of nitrogens with one attached hydrogen (secondary N) is 1. The lowest BCUT2D eigenvalue weighted by molar-refractivity contribution is 0.0924. The number of carbonyl (C=O) groups is 1. The van der Waals surface area contributed by atoms with Crippen molar-refractivity contribution in [3.8, 4) is 0 Å². The van der Waals surface area contributed by atoms with Gasteiger partial charge in [0, 0.05) is 11.6 Å². The summed E-state index contributed by atoms with van der Waals surface area (Å²) in [6.45, 7) is 8.80. The highest BCUT2D eigenvalue weighted by Crippen LogP contribution is 2.11. The fourth-order valence-corrected chi connectivity index (χ4v) is 2.11. The lowest BCUT2D eigenvalue weighted by atomic mass is 10.00. The van der Waals surface area contributed by atoms with E-state index in [9.17, 15) is 4.79 Å².